The van der Waals surface area contributed by atoms with Crippen molar-refractivity contribution in [1.29, 1.82) is 0 Å². The Labute approximate surface area is 217 Å². The van der Waals surface area contributed by atoms with Crippen molar-refractivity contribution in [3.8, 4) is 5.75 Å². The zero-order chi connectivity index (χ0) is 25.8. The molecule has 0 unspecified atom stereocenters. The molecule has 0 radical (unpaired) electrons. The number of aromatic nitrogens is 3. The number of aromatic hydroxyl groups is 1. The van der Waals surface area contributed by atoms with Gasteiger partial charge in [0.25, 0.3) is 0 Å². The molecule has 1 aliphatic rings. The summed E-state index contributed by atoms with van der Waals surface area (Å²) in [6.07, 6.45) is 3.37. The molecule has 2 aromatic carbocycles. The molecule has 188 valence electrons. The maximum Gasteiger partial charge on any atom is 0.312 e. The van der Waals surface area contributed by atoms with E-state index in [1.54, 1.807) is 0 Å². The predicted molar refractivity (Wildman–Crippen MR) is 143 cm³/mol. The molecule has 12 heteroatoms. The highest BCUT2D eigenvalue weighted by Crippen LogP contribution is 2.32. The average Bonchev–Trinajstić information content (AvgIpc) is 2.84. The minimum atomic E-state index is -0.659. The van der Waals surface area contributed by atoms with Gasteiger partial charge in [0.2, 0.25) is 23.6 Å². The molecule has 0 bridgehead atoms. The summed E-state index contributed by atoms with van der Waals surface area (Å²) >= 11 is 3.22. The van der Waals surface area contributed by atoms with Crippen LogP contribution in [0.5, 0.6) is 5.75 Å². The fourth-order valence-corrected chi connectivity index (χ4v) is 4.29. The first kappa shape index (κ1) is 25.3. The molecule has 0 aliphatic carbocycles. The summed E-state index contributed by atoms with van der Waals surface area (Å²) in [5.74, 6) is 1.27. The van der Waals surface area contributed by atoms with Gasteiger partial charge in [-0.2, -0.15) is 20.1 Å². The number of rotatable bonds is 7. The fourth-order valence-electron chi connectivity index (χ4n) is 3.83. The van der Waals surface area contributed by atoms with Gasteiger partial charge in [0.05, 0.1) is 11.1 Å². The lowest BCUT2D eigenvalue weighted by molar-refractivity contribution is -0.385. The number of phenolic OH excluding ortho intramolecular Hbond substituents is 1. The highest BCUT2D eigenvalue weighted by atomic mass is 79.9. The van der Waals surface area contributed by atoms with Crippen molar-refractivity contribution >= 4 is 51.4 Å². The van der Waals surface area contributed by atoms with Crippen LogP contribution in [0.2, 0.25) is 0 Å². The Balaban J connectivity index is 1.63. The molecule has 1 saturated heterocycles. The van der Waals surface area contributed by atoms with Crippen LogP contribution in [0.15, 0.2) is 39.9 Å². The van der Waals surface area contributed by atoms with E-state index in [1.165, 1.54) is 18.3 Å². The second-order valence-electron chi connectivity index (χ2n) is 8.81. The highest BCUT2D eigenvalue weighted by molar-refractivity contribution is 9.10. The van der Waals surface area contributed by atoms with Crippen molar-refractivity contribution < 1.29 is 10.0 Å². The summed E-state index contributed by atoms with van der Waals surface area (Å²) in [7, 11) is 0. The lowest BCUT2D eigenvalue weighted by Gasteiger charge is -2.30. The average molecular weight is 555 g/mol. The Morgan fingerprint density at radius 1 is 1.19 bits per heavy atom. The lowest BCUT2D eigenvalue weighted by Crippen LogP contribution is -2.34. The number of hydrazone groups is 1. The van der Waals surface area contributed by atoms with E-state index in [4.69, 9.17) is 0 Å². The maximum atomic E-state index is 11.2. The van der Waals surface area contributed by atoms with Crippen LogP contribution in [-0.2, 0) is 0 Å². The van der Waals surface area contributed by atoms with Gasteiger partial charge in [0, 0.05) is 34.9 Å². The minimum Gasteiger partial charge on any atom is -0.502 e. The highest BCUT2D eigenvalue weighted by Gasteiger charge is 2.20. The number of anilines is 4. The molecule has 4 rings (SSSR count). The van der Waals surface area contributed by atoms with Gasteiger partial charge in [-0.3, -0.25) is 10.1 Å². The first-order chi connectivity index (χ1) is 17.2. The quantitative estimate of drug-likeness (QED) is 0.201. The number of phenols is 1. The van der Waals surface area contributed by atoms with E-state index in [1.807, 2.05) is 32.0 Å². The summed E-state index contributed by atoms with van der Waals surface area (Å²) in [4.78, 5) is 26.3. The number of hydrogen-bond acceptors (Lipinski definition) is 10. The number of nitro groups is 1. The number of piperidine rings is 1. The van der Waals surface area contributed by atoms with Crippen molar-refractivity contribution in [3.63, 3.8) is 0 Å². The number of benzene rings is 2. The molecule has 36 heavy (non-hydrogen) atoms. The Hall–Kier alpha value is -3.80. The molecule has 1 fully saturated rings. The molecule has 0 saturated carbocycles. The minimum absolute atomic E-state index is 0.164. The molecule has 2 heterocycles. The first-order valence-corrected chi connectivity index (χ1v) is 12.3. The largest absolute Gasteiger partial charge is 0.502 e. The van der Waals surface area contributed by atoms with Gasteiger partial charge < -0.3 is 15.3 Å². The van der Waals surface area contributed by atoms with Crippen molar-refractivity contribution in [2.75, 3.05) is 28.7 Å². The van der Waals surface area contributed by atoms with Gasteiger partial charge in [0.15, 0.2) is 0 Å². The van der Waals surface area contributed by atoms with Crippen molar-refractivity contribution in [2.24, 2.45) is 11.0 Å². The molecule has 0 atom stereocenters. The zero-order valence-electron chi connectivity index (χ0n) is 20.2. The van der Waals surface area contributed by atoms with Gasteiger partial charge in [0.1, 0.15) is 0 Å². The second-order valence-corrected chi connectivity index (χ2v) is 9.73. The van der Waals surface area contributed by atoms with E-state index in [0.717, 1.165) is 42.7 Å². The van der Waals surface area contributed by atoms with Crippen LogP contribution in [0, 0.1) is 29.9 Å². The first-order valence-electron chi connectivity index (χ1n) is 11.5. The number of nitrogens with zero attached hydrogens (tertiary/aromatic N) is 6. The number of aryl methyl sites for hydroxylation is 1. The van der Waals surface area contributed by atoms with Crippen LogP contribution in [0.3, 0.4) is 0 Å². The zero-order valence-corrected chi connectivity index (χ0v) is 21.8. The molecule has 3 N–H and O–H groups in total. The predicted octanol–water partition coefficient (Wildman–Crippen LogP) is 5.29. The van der Waals surface area contributed by atoms with E-state index in [9.17, 15) is 15.2 Å². The SMILES string of the molecule is Cc1cccc(Nc2nc(N/N=C/c3cc(Br)cc([N+](=O)[O-])c3O)nc(N3CCC(C)CC3)n2)c1C. The van der Waals surface area contributed by atoms with E-state index in [0.29, 0.717) is 22.3 Å². The van der Waals surface area contributed by atoms with Crippen molar-refractivity contribution in [2.45, 2.75) is 33.6 Å². The molecule has 0 amide bonds. The van der Waals surface area contributed by atoms with Gasteiger partial charge in [-0.1, -0.05) is 35.0 Å². The summed E-state index contributed by atoms with van der Waals surface area (Å²) in [6.45, 7) is 7.98. The third kappa shape index (κ3) is 5.88. The normalized spacial score (nSPS) is 14.3. The number of halogens is 1. The van der Waals surface area contributed by atoms with Crippen LogP contribution in [0.1, 0.15) is 36.5 Å². The van der Waals surface area contributed by atoms with Gasteiger partial charge in [-0.25, -0.2) is 5.43 Å². The summed E-state index contributed by atoms with van der Waals surface area (Å²) < 4.78 is 0.440. The Morgan fingerprint density at radius 3 is 2.64 bits per heavy atom. The number of nitrogens with one attached hydrogen (secondary N) is 2. The van der Waals surface area contributed by atoms with Crippen LogP contribution >= 0.6 is 15.9 Å². The summed E-state index contributed by atoms with van der Waals surface area (Å²) in [6, 6.07) is 8.71. The summed E-state index contributed by atoms with van der Waals surface area (Å²) in [5.41, 5.74) is 5.63. The number of nitro benzene ring substituents is 1. The van der Waals surface area contributed by atoms with Gasteiger partial charge in [-0.05, 0) is 55.9 Å². The topological polar surface area (TPSA) is 142 Å². The maximum absolute atomic E-state index is 11.2. The Morgan fingerprint density at radius 2 is 1.92 bits per heavy atom. The monoisotopic (exact) mass is 554 g/mol. The third-order valence-corrected chi connectivity index (χ3v) is 6.65. The smallest absolute Gasteiger partial charge is 0.312 e. The van der Waals surface area contributed by atoms with Crippen molar-refractivity contribution in [3.05, 3.63) is 61.6 Å². The molecule has 0 spiro atoms. The van der Waals surface area contributed by atoms with E-state index in [-0.39, 0.29) is 11.5 Å². The standard InChI is InChI=1S/C24H27BrN8O3/c1-14-7-9-32(10-8-14)24-29-22(27-19-6-4-5-15(2)16(19)3)28-23(30-24)31-26-13-17-11-18(25)12-20(21(17)34)33(35)36/h4-6,11-14,34H,7-10H2,1-3H3,(H2,27,28,29,30,31)/b26-13+. The van der Waals surface area contributed by atoms with Crippen LogP contribution in [0.25, 0.3) is 0 Å². The fraction of sp³-hybridized carbons (Fsp3) is 0.333. The van der Waals surface area contributed by atoms with Gasteiger partial charge in [-0.15, -0.1) is 0 Å². The Bertz CT molecular complexity index is 1310. The van der Waals surface area contributed by atoms with E-state index in [2.05, 4.69) is 58.5 Å². The van der Waals surface area contributed by atoms with Crippen LogP contribution < -0.4 is 15.6 Å². The molecular weight excluding hydrogens is 528 g/mol. The second kappa shape index (κ2) is 10.9. The molecular formula is C24H27BrN8O3. The third-order valence-electron chi connectivity index (χ3n) is 6.19. The molecule has 1 aliphatic heterocycles. The lowest BCUT2D eigenvalue weighted by atomic mass is 10.00. The van der Waals surface area contributed by atoms with Crippen molar-refractivity contribution in [1.82, 2.24) is 15.0 Å². The molecule has 3 aromatic rings. The molecule has 1 aromatic heterocycles. The number of hydrogen-bond donors (Lipinski definition) is 3. The van der Waals surface area contributed by atoms with E-state index < -0.39 is 16.4 Å². The Kier molecular flexibility index (Phi) is 7.63. The van der Waals surface area contributed by atoms with E-state index >= 15 is 0 Å². The van der Waals surface area contributed by atoms with Gasteiger partial charge >= 0.3 is 5.69 Å². The molecule has 11 nitrogen and oxygen atoms in total. The van der Waals surface area contributed by atoms with Crippen LogP contribution in [0.4, 0.5) is 29.2 Å². The van der Waals surface area contributed by atoms with Crippen LogP contribution in [-0.4, -0.2) is 44.3 Å². The summed E-state index contributed by atoms with van der Waals surface area (Å²) in [5, 5.41) is 28.8.